The number of Topliss-reactive ketones (excluding diaryl/α,β-unsaturated/α-hetero) is 1. The van der Waals surface area contributed by atoms with Crippen LogP contribution >= 0.6 is 0 Å². The van der Waals surface area contributed by atoms with Crippen LogP contribution in [0.2, 0.25) is 0 Å². The van der Waals surface area contributed by atoms with Gasteiger partial charge in [0.1, 0.15) is 11.4 Å². The van der Waals surface area contributed by atoms with Crippen molar-refractivity contribution in [1.82, 2.24) is 14.7 Å². The number of aliphatic hydroxyl groups excluding tert-OH is 1. The number of nitrogens with two attached hydrogens (primary N) is 1. The minimum absolute atomic E-state index is 0.00546. The van der Waals surface area contributed by atoms with Crippen molar-refractivity contribution >= 4 is 22.0 Å². The first kappa shape index (κ1) is 32.2. The van der Waals surface area contributed by atoms with Crippen LogP contribution in [0.25, 0.3) is 0 Å². The smallest absolute Gasteiger partial charge is 0.369 e. The molecule has 3 aliphatic heterocycles. The number of ketones is 2. The molecule has 12 heteroatoms. The van der Waals surface area contributed by atoms with Crippen LogP contribution in [0, 0.1) is 0 Å². The van der Waals surface area contributed by atoms with E-state index in [0.29, 0.717) is 23.5 Å². The summed E-state index contributed by atoms with van der Waals surface area (Å²) >= 11 is 0. The molecule has 4 rings (SSSR count). The Morgan fingerprint density at radius 1 is 0.763 bits per heavy atom. The van der Waals surface area contributed by atoms with Crippen LogP contribution in [-0.2, 0) is 28.4 Å². The Hall–Kier alpha value is -1.99. The second kappa shape index (κ2) is 16.9. The molecule has 0 aromatic heterocycles. The van der Waals surface area contributed by atoms with Crippen molar-refractivity contribution in [3.63, 3.8) is 0 Å². The van der Waals surface area contributed by atoms with Gasteiger partial charge in [0.05, 0.1) is 12.3 Å². The van der Waals surface area contributed by atoms with Gasteiger partial charge in [-0.3, -0.25) is 9.59 Å². The van der Waals surface area contributed by atoms with Crippen LogP contribution in [0.1, 0.15) is 71.1 Å². The molecule has 0 saturated carbocycles. The monoisotopic (exact) mass is 558 g/mol. The van der Waals surface area contributed by atoms with Gasteiger partial charge in [0.25, 0.3) is 0 Å². The van der Waals surface area contributed by atoms with Crippen LogP contribution in [-0.4, -0.2) is 99.5 Å². The Bertz CT molecular complexity index is 924. The molecular formula is C26H46N4O7S. The number of hydrogen-bond acceptors (Lipinski definition) is 11. The van der Waals surface area contributed by atoms with Crippen molar-refractivity contribution in [1.29, 1.82) is 0 Å². The Balaban J connectivity index is 0.000000251. The summed E-state index contributed by atoms with van der Waals surface area (Å²) in [6.45, 7) is 6.87. The number of hydrogen-bond donors (Lipinski definition) is 2. The number of unbranched alkanes of at least 4 members (excludes halogenated alkanes) is 9. The molecule has 0 radical (unpaired) electrons. The van der Waals surface area contributed by atoms with Crippen LogP contribution in [0.4, 0.5) is 0 Å². The highest BCUT2D eigenvalue weighted by Crippen LogP contribution is 2.33. The summed E-state index contributed by atoms with van der Waals surface area (Å²) in [5.74, 6) is 0.0485. The number of aliphatic hydroxyl groups is 1. The van der Waals surface area contributed by atoms with Crippen molar-refractivity contribution in [2.24, 2.45) is 5.73 Å². The maximum atomic E-state index is 12.4. The molecule has 3 saturated heterocycles. The van der Waals surface area contributed by atoms with Crippen molar-refractivity contribution in [3.05, 3.63) is 23.2 Å². The summed E-state index contributed by atoms with van der Waals surface area (Å²) in [7, 11) is -2.49. The lowest BCUT2D eigenvalue weighted by molar-refractivity contribution is -0.117. The molecule has 3 heterocycles. The molecular weight excluding hydrogens is 512 g/mol. The van der Waals surface area contributed by atoms with E-state index in [2.05, 4.69) is 21.0 Å². The van der Waals surface area contributed by atoms with Gasteiger partial charge in [0, 0.05) is 45.3 Å². The third kappa shape index (κ3) is 11.4. The molecule has 0 amide bonds. The lowest BCUT2D eigenvalue weighted by Crippen LogP contribution is -2.29. The number of rotatable bonds is 17. The first-order valence-corrected chi connectivity index (χ1v) is 15.2. The van der Waals surface area contributed by atoms with E-state index in [4.69, 9.17) is 5.11 Å². The number of allylic oxidation sites excluding steroid dienone is 1. The zero-order valence-electron chi connectivity index (χ0n) is 23.0. The molecule has 3 fully saturated rings. The second-order valence-electron chi connectivity index (χ2n) is 9.54. The molecule has 0 aromatic rings. The van der Waals surface area contributed by atoms with Crippen LogP contribution in [0.3, 0.4) is 0 Å². The van der Waals surface area contributed by atoms with Gasteiger partial charge in [-0.05, 0) is 13.5 Å². The fourth-order valence-corrected chi connectivity index (χ4v) is 4.64. The zero-order valence-corrected chi connectivity index (χ0v) is 23.8. The predicted molar refractivity (Wildman–Crippen MR) is 145 cm³/mol. The molecule has 218 valence electrons. The number of nitrogens with zero attached hydrogens (tertiary/aromatic N) is 3. The zero-order chi connectivity index (χ0) is 28.0. The third-order valence-corrected chi connectivity index (χ3v) is 7.26. The summed E-state index contributed by atoms with van der Waals surface area (Å²) in [4.78, 5) is 30.5. The first-order valence-electron chi connectivity index (χ1n) is 13.9. The van der Waals surface area contributed by atoms with E-state index in [1.807, 2.05) is 14.7 Å². The lowest BCUT2D eigenvalue weighted by Gasteiger charge is -2.21. The molecule has 0 spiro atoms. The SMILES string of the molecule is CCCCCCCCCCCCOS(=O)(=O)OCO.CN.O=C1C=C(N2CC2)C(=O)C(N2CC2)=C1N1CC1. The van der Waals surface area contributed by atoms with E-state index in [0.717, 1.165) is 52.1 Å². The largest absolute Gasteiger partial charge is 0.402 e. The summed E-state index contributed by atoms with van der Waals surface area (Å²) < 4.78 is 30.3. The van der Waals surface area contributed by atoms with E-state index < -0.39 is 17.2 Å². The Labute approximate surface area is 227 Å². The van der Waals surface area contributed by atoms with E-state index >= 15 is 0 Å². The lowest BCUT2D eigenvalue weighted by atomic mass is 10.0. The second-order valence-corrected chi connectivity index (χ2v) is 10.8. The Morgan fingerprint density at radius 2 is 1.24 bits per heavy atom. The van der Waals surface area contributed by atoms with Crippen molar-refractivity contribution < 1.29 is 31.5 Å². The van der Waals surface area contributed by atoms with Crippen molar-refractivity contribution in [3.8, 4) is 0 Å². The first-order chi connectivity index (χ1) is 18.4. The minimum atomic E-state index is -3.99. The van der Waals surface area contributed by atoms with Gasteiger partial charge in [-0.1, -0.05) is 64.7 Å². The third-order valence-electron chi connectivity index (χ3n) is 6.41. The summed E-state index contributed by atoms with van der Waals surface area (Å²) in [6.07, 6.45) is 13.3. The van der Waals surface area contributed by atoms with E-state index in [1.165, 1.54) is 58.1 Å². The molecule has 4 aliphatic rings. The molecule has 0 unspecified atom stereocenters. The minimum Gasteiger partial charge on any atom is -0.369 e. The molecule has 3 N–H and O–H groups in total. The maximum absolute atomic E-state index is 12.4. The fraction of sp³-hybridized carbons (Fsp3) is 0.769. The molecule has 1 aliphatic carbocycles. The predicted octanol–water partition coefficient (Wildman–Crippen LogP) is 1.89. The van der Waals surface area contributed by atoms with Gasteiger partial charge in [0.15, 0.2) is 6.79 Å². The molecule has 0 aromatic carbocycles. The summed E-state index contributed by atoms with van der Waals surface area (Å²) in [5, 5.41) is 8.30. The van der Waals surface area contributed by atoms with Gasteiger partial charge in [-0.2, -0.15) is 8.42 Å². The fourth-order valence-electron chi connectivity index (χ4n) is 4.12. The van der Waals surface area contributed by atoms with Crippen molar-refractivity contribution in [2.45, 2.75) is 71.1 Å². The van der Waals surface area contributed by atoms with Gasteiger partial charge < -0.3 is 25.5 Å². The molecule has 0 bridgehead atoms. The quantitative estimate of drug-likeness (QED) is 0.117. The maximum Gasteiger partial charge on any atom is 0.402 e. The molecule has 11 nitrogen and oxygen atoms in total. The molecule has 38 heavy (non-hydrogen) atoms. The van der Waals surface area contributed by atoms with E-state index in [-0.39, 0.29) is 18.2 Å². The van der Waals surface area contributed by atoms with Gasteiger partial charge in [-0.15, -0.1) is 0 Å². The summed E-state index contributed by atoms with van der Waals surface area (Å²) in [6, 6.07) is 0. The van der Waals surface area contributed by atoms with E-state index in [9.17, 15) is 18.0 Å². The van der Waals surface area contributed by atoms with Crippen molar-refractivity contribution in [2.75, 3.05) is 59.7 Å². The number of carbonyl (C=O) groups excluding carboxylic acids is 2. The highest BCUT2D eigenvalue weighted by atomic mass is 32.3. The average molecular weight is 559 g/mol. The van der Waals surface area contributed by atoms with Crippen LogP contribution in [0.15, 0.2) is 23.2 Å². The normalized spacial score (nSPS) is 18.0. The Morgan fingerprint density at radius 3 is 1.71 bits per heavy atom. The van der Waals surface area contributed by atoms with Gasteiger partial charge >= 0.3 is 10.4 Å². The number of carbonyl (C=O) groups is 2. The van der Waals surface area contributed by atoms with Crippen LogP contribution < -0.4 is 5.73 Å². The highest BCUT2D eigenvalue weighted by Gasteiger charge is 2.43. The topological polar surface area (TPSA) is 142 Å². The Kier molecular flexibility index (Phi) is 14.3. The van der Waals surface area contributed by atoms with Gasteiger partial charge in [0.2, 0.25) is 11.6 Å². The highest BCUT2D eigenvalue weighted by molar-refractivity contribution is 7.81. The standard InChI is InChI=1S/C13H28O5S.C12H13N3O2.CH5N/c1-2-3-4-5-6-7-8-9-10-11-12-17-19(15,16)18-13-14;16-9-7-8(13-1-2-13)12(17)11(15-5-6-15)10(9)14-3-4-14;1-2/h14H,2-13H2,1H3;7H,1-6H2;2H2,1H3. The molecule has 0 atom stereocenters. The van der Waals surface area contributed by atoms with Gasteiger partial charge in [-0.25, -0.2) is 8.37 Å². The van der Waals surface area contributed by atoms with E-state index in [1.54, 1.807) is 0 Å². The summed E-state index contributed by atoms with van der Waals surface area (Å²) in [5.41, 5.74) is 6.39. The average Bonchev–Trinajstić information content (AvgIpc) is 3.73. The van der Waals surface area contributed by atoms with Crippen LogP contribution in [0.5, 0.6) is 0 Å².